The highest BCUT2D eigenvalue weighted by Crippen LogP contribution is 2.20. The number of rotatable bonds is 5. The summed E-state index contributed by atoms with van der Waals surface area (Å²) in [7, 11) is 1.56. The molecule has 3 N–H and O–H groups in total. The van der Waals surface area contributed by atoms with Gasteiger partial charge in [-0.25, -0.2) is 4.98 Å². The van der Waals surface area contributed by atoms with Crippen LogP contribution in [0, 0.1) is 5.92 Å². The summed E-state index contributed by atoms with van der Waals surface area (Å²) < 4.78 is 4.95. The monoisotopic (exact) mass is 224 g/mol. The molecule has 4 heteroatoms. The lowest BCUT2D eigenvalue weighted by Crippen LogP contribution is -2.29. The molecule has 16 heavy (non-hydrogen) atoms. The van der Waals surface area contributed by atoms with Gasteiger partial charge in [-0.1, -0.05) is 13.8 Å². The number of aromatic nitrogens is 1. The Kier molecular flexibility index (Phi) is 4.71. The van der Waals surface area contributed by atoms with Crippen LogP contribution >= 0.6 is 0 Å². The minimum Gasteiger partial charge on any atom is -0.481 e. The molecule has 0 radical (unpaired) electrons. The van der Waals surface area contributed by atoms with E-state index in [1.165, 1.54) is 0 Å². The van der Waals surface area contributed by atoms with Crippen molar-refractivity contribution in [3.05, 3.63) is 23.9 Å². The van der Waals surface area contributed by atoms with Crippen LogP contribution in [0.25, 0.3) is 0 Å². The number of aliphatic hydroxyl groups excluding tert-OH is 1. The molecule has 4 nitrogen and oxygen atoms in total. The first-order valence-corrected chi connectivity index (χ1v) is 5.48. The maximum atomic E-state index is 10.00. The molecule has 2 unspecified atom stereocenters. The average Bonchev–Trinajstić information content (AvgIpc) is 2.27. The summed E-state index contributed by atoms with van der Waals surface area (Å²) in [4.78, 5) is 4.04. The summed E-state index contributed by atoms with van der Waals surface area (Å²) in [5, 5.41) is 10.00. The van der Waals surface area contributed by atoms with E-state index in [2.05, 4.69) is 18.8 Å². The predicted molar refractivity (Wildman–Crippen MR) is 63.2 cm³/mol. The van der Waals surface area contributed by atoms with E-state index in [4.69, 9.17) is 10.5 Å². The number of hydrogen-bond donors (Lipinski definition) is 2. The van der Waals surface area contributed by atoms with Crippen molar-refractivity contribution < 1.29 is 9.84 Å². The Morgan fingerprint density at radius 2 is 2.12 bits per heavy atom. The Morgan fingerprint density at radius 3 is 2.56 bits per heavy atom. The number of nitrogens with zero attached hydrogens (tertiary/aromatic N) is 1. The second kappa shape index (κ2) is 5.82. The standard InChI is InChI=1S/C12H20N2O2/c1-8(2)6-10(13)12(15)9-4-5-11(16-3)14-7-9/h4-5,7-8,10,12,15H,6,13H2,1-3H3. The maximum absolute atomic E-state index is 10.00. The number of methoxy groups -OCH3 is 1. The number of ether oxygens (including phenoxy) is 1. The molecule has 1 aromatic rings. The Morgan fingerprint density at radius 1 is 1.44 bits per heavy atom. The van der Waals surface area contributed by atoms with E-state index in [9.17, 15) is 5.11 Å². The van der Waals surface area contributed by atoms with Crippen LogP contribution in [-0.2, 0) is 0 Å². The van der Waals surface area contributed by atoms with Gasteiger partial charge in [0.15, 0.2) is 0 Å². The summed E-state index contributed by atoms with van der Waals surface area (Å²) in [5.74, 6) is 1.00. The third-order valence-corrected chi connectivity index (χ3v) is 2.46. The van der Waals surface area contributed by atoms with Crippen LogP contribution in [-0.4, -0.2) is 23.2 Å². The van der Waals surface area contributed by atoms with Gasteiger partial charge in [-0.2, -0.15) is 0 Å². The molecular weight excluding hydrogens is 204 g/mol. The van der Waals surface area contributed by atoms with Crippen LogP contribution in [0.15, 0.2) is 18.3 Å². The minimum absolute atomic E-state index is 0.254. The molecule has 0 saturated carbocycles. The summed E-state index contributed by atoms with van der Waals surface area (Å²) in [6.45, 7) is 4.16. The summed E-state index contributed by atoms with van der Waals surface area (Å²) in [6, 6.07) is 3.26. The van der Waals surface area contributed by atoms with E-state index in [1.807, 2.05) is 0 Å². The molecule has 1 heterocycles. The fraction of sp³-hybridized carbons (Fsp3) is 0.583. The Bertz CT molecular complexity index is 311. The van der Waals surface area contributed by atoms with Crippen molar-refractivity contribution in [1.29, 1.82) is 0 Å². The smallest absolute Gasteiger partial charge is 0.212 e. The quantitative estimate of drug-likeness (QED) is 0.795. The van der Waals surface area contributed by atoms with Gasteiger partial charge < -0.3 is 15.6 Å². The van der Waals surface area contributed by atoms with Crippen LogP contribution < -0.4 is 10.5 Å². The molecule has 0 aliphatic heterocycles. The first-order chi connectivity index (χ1) is 7.54. The number of pyridine rings is 1. The third kappa shape index (κ3) is 3.47. The van der Waals surface area contributed by atoms with Crippen LogP contribution in [0.4, 0.5) is 0 Å². The summed E-state index contributed by atoms with van der Waals surface area (Å²) in [6.07, 6.45) is 1.72. The van der Waals surface area contributed by atoms with E-state index < -0.39 is 6.10 Å². The lowest BCUT2D eigenvalue weighted by Gasteiger charge is -2.20. The van der Waals surface area contributed by atoms with Gasteiger partial charge in [0.05, 0.1) is 13.2 Å². The normalized spacial score (nSPS) is 14.9. The summed E-state index contributed by atoms with van der Waals surface area (Å²) in [5.41, 5.74) is 6.64. The van der Waals surface area contributed by atoms with Crippen molar-refractivity contribution in [3.63, 3.8) is 0 Å². The van der Waals surface area contributed by atoms with Crippen molar-refractivity contribution in [2.45, 2.75) is 32.4 Å². The van der Waals surface area contributed by atoms with Gasteiger partial charge in [-0.3, -0.25) is 0 Å². The molecule has 0 aliphatic carbocycles. The Balaban J connectivity index is 2.67. The van der Waals surface area contributed by atoms with Crippen LogP contribution in [0.2, 0.25) is 0 Å². The van der Waals surface area contributed by atoms with Crippen molar-refractivity contribution in [3.8, 4) is 5.88 Å². The van der Waals surface area contributed by atoms with E-state index in [0.717, 1.165) is 12.0 Å². The summed E-state index contributed by atoms with van der Waals surface area (Å²) >= 11 is 0. The molecule has 0 aliphatic rings. The maximum Gasteiger partial charge on any atom is 0.212 e. The van der Waals surface area contributed by atoms with Crippen LogP contribution in [0.5, 0.6) is 5.88 Å². The fourth-order valence-electron chi connectivity index (χ4n) is 1.61. The Hall–Kier alpha value is -1.13. The van der Waals surface area contributed by atoms with E-state index in [-0.39, 0.29) is 6.04 Å². The van der Waals surface area contributed by atoms with E-state index in [1.54, 1.807) is 25.4 Å². The van der Waals surface area contributed by atoms with Gasteiger partial charge in [-0.15, -0.1) is 0 Å². The highest BCUT2D eigenvalue weighted by atomic mass is 16.5. The zero-order chi connectivity index (χ0) is 12.1. The van der Waals surface area contributed by atoms with Crippen molar-refractivity contribution >= 4 is 0 Å². The predicted octanol–water partition coefficient (Wildman–Crippen LogP) is 1.50. The van der Waals surface area contributed by atoms with Gasteiger partial charge in [0.2, 0.25) is 5.88 Å². The van der Waals surface area contributed by atoms with Crippen molar-refractivity contribution in [2.24, 2.45) is 11.7 Å². The highest BCUT2D eigenvalue weighted by Gasteiger charge is 2.18. The van der Waals surface area contributed by atoms with Gasteiger partial charge in [0.1, 0.15) is 0 Å². The Labute approximate surface area is 96.5 Å². The van der Waals surface area contributed by atoms with Gasteiger partial charge in [0.25, 0.3) is 0 Å². The molecule has 0 bridgehead atoms. The van der Waals surface area contributed by atoms with Crippen LogP contribution in [0.1, 0.15) is 31.9 Å². The van der Waals surface area contributed by atoms with E-state index in [0.29, 0.717) is 11.8 Å². The zero-order valence-corrected chi connectivity index (χ0v) is 10.1. The molecule has 0 spiro atoms. The second-order valence-corrected chi connectivity index (χ2v) is 4.37. The second-order valence-electron chi connectivity index (χ2n) is 4.37. The molecule has 1 aromatic heterocycles. The average molecular weight is 224 g/mol. The third-order valence-electron chi connectivity index (χ3n) is 2.46. The molecule has 0 saturated heterocycles. The lowest BCUT2D eigenvalue weighted by molar-refractivity contribution is 0.135. The molecule has 0 amide bonds. The molecule has 0 aromatic carbocycles. The van der Waals surface area contributed by atoms with Crippen molar-refractivity contribution in [2.75, 3.05) is 7.11 Å². The molecule has 90 valence electrons. The van der Waals surface area contributed by atoms with Gasteiger partial charge in [-0.05, 0) is 18.4 Å². The minimum atomic E-state index is -0.666. The van der Waals surface area contributed by atoms with E-state index >= 15 is 0 Å². The highest BCUT2D eigenvalue weighted by molar-refractivity contribution is 5.20. The topological polar surface area (TPSA) is 68.4 Å². The van der Waals surface area contributed by atoms with Gasteiger partial charge in [0, 0.05) is 23.9 Å². The molecule has 1 rings (SSSR count). The zero-order valence-electron chi connectivity index (χ0n) is 10.1. The fourth-order valence-corrected chi connectivity index (χ4v) is 1.61. The van der Waals surface area contributed by atoms with Crippen molar-refractivity contribution in [1.82, 2.24) is 4.98 Å². The first kappa shape index (κ1) is 12.9. The molecule has 0 fully saturated rings. The number of hydrogen-bond acceptors (Lipinski definition) is 4. The van der Waals surface area contributed by atoms with Gasteiger partial charge >= 0.3 is 0 Å². The molecular formula is C12H20N2O2. The largest absolute Gasteiger partial charge is 0.481 e. The number of nitrogens with two attached hydrogens (primary N) is 1. The molecule has 2 atom stereocenters. The first-order valence-electron chi connectivity index (χ1n) is 5.48. The lowest BCUT2D eigenvalue weighted by atomic mass is 9.96. The van der Waals surface area contributed by atoms with Crippen LogP contribution in [0.3, 0.4) is 0 Å². The number of aliphatic hydroxyl groups is 1. The SMILES string of the molecule is COc1ccc(C(O)C(N)CC(C)C)cn1.